The number of hydrogen-bond acceptors (Lipinski definition) is 5. The molecule has 26 heavy (non-hydrogen) atoms. The van der Waals surface area contributed by atoms with E-state index in [1.165, 1.54) is 16.8 Å². The number of hydrogen-bond donors (Lipinski definition) is 0. The van der Waals surface area contributed by atoms with E-state index < -0.39 is 17.9 Å². The Morgan fingerprint density at radius 2 is 1.58 bits per heavy atom. The van der Waals surface area contributed by atoms with Crippen molar-refractivity contribution in [1.29, 1.82) is 0 Å². The molecule has 0 radical (unpaired) electrons. The Hall–Kier alpha value is -3.28. The van der Waals surface area contributed by atoms with E-state index in [1.54, 1.807) is 24.3 Å². The van der Waals surface area contributed by atoms with Crippen molar-refractivity contribution < 1.29 is 14.4 Å². The zero-order valence-electron chi connectivity index (χ0n) is 14.4. The second-order valence-electron chi connectivity index (χ2n) is 6.49. The molecule has 6 heteroatoms. The molecule has 2 aliphatic heterocycles. The van der Waals surface area contributed by atoms with Crippen LogP contribution in [-0.4, -0.2) is 29.4 Å². The highest BCUT2D eigenvalue weighted by Gasteiger charge is 2.58. The standard InChI is InChI=1S/C20H17N3O3/c1-12-8-10-14(11-9-12)22-19(25)16-17(13(2)24)21-23(18(16)20(22)26)15-6-4-3-5-7-15/h3-11,16,18H,1-2H3/t16-,18+/m1/s1. The molecular formula is C20H17N3O3. The topological polar surface area (TPSA) is 70.1 Å². The highest BCUT2D eigenvalue weighted by atomic mass is 16.2. The minimum atomic E-state index is -0.874. The second-order valence-corrected chi connectivity index (χ2v) is 6.49. The molecule has 130 valence electrons. The summed E-state index contributed by atoms with van der Waals surface area (Å²) in [6, 6.07) is 15.4. The number of imide groups is 1. The molecule has 2 atom stereocenters. The SMILES string of the molecule is CC(=O)C1=NN(c2ccccc2)[C@@H]2C(=O)N(c3ccc(C)cc3)C(=O)[C@H]12. The molecule has 2 aromatic rings. The lowest BCUT2D eigenvalue weighted by molar-refractivity contribution is -0.122. The number of ketones is 1. The van der Waals surface area contributed by atoms with Crippen LogP contribution in [0.5, 0.6) is 0 Å². The van der Waals surface area contributed by atoms with E-state index in [1.807, 2.05) is 37.3 Å². The Morgan fingerprint density at radius 1 is 0.923 bits per heavy atom. The second kappa shape index (κ2) is 5.91. The van der Waals surface area contributed by atoms with Crippen molar-refractivity contribution in [2.75, 3.05) is 9.91 Å². The number of para-hydroxylation sites is 1. The first-order valence-electron chi connectivity index (χ1n) is 8.37. The maximum atomic E-state index is 13.1. The summed E-state index contributed by atoms with van der Waals surface area (Å²) in [4.78, 5) is 39.4. The number of carbonyl (C=O) groups is 3. The van der Waals surface area contributed by atoms with Crippen LogP contribution in [0.15, 0.2) is 59.7 Å². The zero-order valence-corrected chi connectivity index (χ0v) is 14.4. The van der Waals surface area contributed by atoms with Crippen LogP contribution in [0.2, 0.25) is 0 Å². The van der Waals surface area contributed by atoms with Crippen molar-refractivity contribution in [2.45, 2.75) is 19.9 Å². The third-order valence-corrected chi connectivity index (χ3v) is 4.72. The molecule has 0 saturated carbocycles. The molecule has 0 bridgehead atoms. The van der Waals surface area contributed by atoms with E-state index in [0.717, 1.165) is 5.56 Å². The lowest BCUT2D eigenvalue weighted by atomic mass is 9.95. The number of anilines is 2. The molecule has 4 rings (SSSR count). The van der Waals surface area contributed by atoms with Gasteiger partial charge in [-0.15, -0.1) is 0 Å². The van der Waals surface area contributed by atoms with Crippen LogP contribution in [0.3, 0.4) is 0 Å². The van der Waals surface area contributed by atoms with Gasteiger partial charge in [0.2, 0.25) is 5.91 Å². The van der Waals surface area contributed by atoms with Crippen LogP contribution in [0.1, 0.15) is 12.5 Å². The lowest BCUT2D eigenvalue weighted by Gasteiger charge is -2.22. The summed E-state index contributed by atoms with van der Waals surface area (Å²) in [5.41, 5.74) is 2.35. The van der Waals surface area contributed by atoms with Crippen molar-refractivity contribution in [3.05, 3.63) is 60.2 Å². The van der Waals surface area contributed by atoms with Gasteiger partial charge in [-0.2, -0.15) is 5.10 Å². The molecule has 6 nitrogen and oxygen atoms in total. The van der Waals surface area contributed by atoms with Crippen LogP contribution in [0.4, 0.5) is 11.4 Å². The van der Waals surface area contributed by atoms with Crippen molar-refractivity contribution in [3.63, 3.8) is 0 Å². The molecule has 2 aromatic carbocycles. The Kier molecular flexibility index (Phi) is 3.68. The monoisotopic (exact) mass is 347 g/mol. The van der Waals surface area contributed by atoms with Crippen LogP contribution < -0.4 is 9.91 Å². The third-order valence-electron chi connectivity index (χ3n) is 4.72. The van der Waals surface area contributed by atoms with Gasteiger partial charge in [0, 0.05) is 6.92 Å². The Bertz CT molecular complexity index is 935. The predicted octanol–water partition coefficient (Wildman–Crippen LogP) is 2.32. The minimum absolute atomic E-state index is 0.131. The van der Waals surface area contributed by atoms with Crippen molar-refractivity contribution in [3.8, 4) is 0 Å². The number of hydrazone groups is 1. The Balaban J connectivity index is 1.80. The molecule has 2 amide bonds. The number of amides is 2. The number of nitrogens with zero attached hydrogens (tertiary/aromatic N) is 3. The van der Waals surface area contributed by atoms with E-state index in [-0.39, 0.29) is 17.4 Å². The van der Waals surface area contributed by atoms with Gasteiger partial charge in [-0.05, 0) is 31.2 Å². The molecule has 2 heterocycles. The summed E-state index contributed by atoms with van der Waals surface area (Å²) in [5.74, 6) is -1.95. The number of Topliss-reactive ketones (excluding diaryl/α,β-unsaturated/α-hetero) is 1. The van der Waals surface area contributed by atoms with Crippen molar-refractivity contribution in [2.24, 2.45) is 11.0 Å². The molecule has 0 aromatic heterocycles. The first-order valence-corrected chi connectivity index (χ1v) is 8.37. The van der Waals surface area contributed by atoms with E-state index in [2.05, 4.69) is 5.10 Å². The quantitative estimate of drug-likeness (QED) is 0.799. The third kappa shape index (κ3) is 2.34. The van der Waals surface area contributed by atoms with E-state index in [9.17, 15) is 14.4 Å². The molecule has 0 unspecified atom stereocenters. The maximum Gasteiger partial charge on any atom is 0.259 e. The van der Waals surface area contributed by atoms with Crippen LogP contribution in [0, 0.1) is 12.8 Å². The fraction of sp³-hybridized carbons (Fsp3) is 0.200. The van der Waals surface area contributed by atoms with Gasteiger partial charge < -0.3 is 0 Å². The largest absolute Gasteiger partial charge is 0.293 e. The molecule has 0 spiro atoms. The summed E-state index contributed by atoms with van der Waals surface area (Å²) in [6.45, 7) is 3.31. The van der Waals surface area contributed by atoms with Gasteiger partial charge in [-0.1, -0.05) is 35.9 Å². The first-order chi connectivity index (χ1) is 12.5. The average molecular weight is 347 g/mol. The van der Waals surface area contributed by atoms with Crippen LogP contribution in [0.25, 0.3) is 0 Å². The van der Waals surface area contributed by atoms with Gasteiger partial charge in [0.1, 0.15) is 17.7 Å². The lowest BCUT2D eigenvalue weighted by Crippen LogP contribution is -2.39. The first kappa shape index (κ1) is 16.2. The van der Waals surface area contributed by atoms with Gasteiger partial charge in [-0.25, -0.2) is 4.90 Å². The molecule has 2 aliphatic rings. The fourth-order valence-corrected chi connectivity index (χ4v) is 3.45. The number of fused-ring (bicyclic) bond motifs is 1. The number of carbonyl (C=O) groups excluding carboxylic acids is 3. The number of aryl methyl sites for hydroxylation is 1. The smallest absolute Gasteiger partial charge is 0.259 e. The van der Waals surface area contributed by atoms with Crippen molar-refractivity contribution >= 4 is 34.7 Å². The molecule has 0 aliphatic carbocycles. The van der Waals surface area contributed by atoms with Gasteiger partial charge in [0.05, 0.1) is 11.4 Å². The highest BCUT2D eigenvalue weighted by molar-refractivity contribution is 6.48. The average Bonchev–Trinajstić information content (AvgIpc) is 3.15. The van der Waals surface area contributed by atoms with Gasteiger partial charge in [0.25, 0.3) is 5.91 Å². The Labute approximate surface area is 150 Å². The van der Waals surface area contributed by atoms with Crippen LogP contribution >= 0.6 is 0 Å². The summed E-state index contributed by atoms with van der Waals surface area (Å²) in [5, 5.41) is 5.81. The van der Waals surface area contributed by atoms with E-state index in [4.69, 9.17) is 0 Å². The maximum absolute atomic E-state index is 13.1. The number of benzene rings is 2. The van der Waals surface area contributed by atoms with E-state index >= 15 is 0 Å². The number of rotatable bonds is 3. The van der Waals surface area contributed by atoms with E-state index in [0.29, 0.717) is 11.4 Å². The summed E-state index contributed by atoms with van der Waals surface area (Å²) in [6.07, 6.45) is 0. The minimum Gasteiger partial charge on any atom is -0.293 e. The summed E-state index contributed by atoms with van der Waals surface area (Å²) >= 11 is 0. The summed E-state index contributed by atoms with van der Waals surface area (Å²) < 4.78 is 0. The molecule has 0 N–H and O–H groups in total. The predicted molar refractivity (Wildman–Crippen MR) is 98.0 cm³/mol. The van der Waals surface area contributed by atoms with Gasteiger partial charge in [0.15, 0.2) is 5.78 Å². The van der Waals surface area contributed by atoms with Crippen molar-refractivity contribution in [1.82, 2.24) is 0 Å². The Morgan fingerprint density at radius 3 is 2.19 bits per heavy atom. The zero-order chi connectivity index (χ0) is 18.4. The molecule has 1 saturated heterocycles. The molecular weight excluding hydrogens is 330 g/mol. The van der Waals surface area contributed by atoms with Crippen LogP contribution in [-0.2, 0) is 14.4 Å². The van der Waals surface area contributed by atoms with Gasteiger partial charge in [-0.3, -0.25) is 19.4 Å². The highest BCUT2D eigenvalue weighted by Crippen LogP contribution is 2.37. The summed E-state index contributed by atoms with van der Waals surface area (Å²) in [7, 11) is 0. The fourth-order valence-electron chi connectivity index (χ4n) is 3.45. The normalized spacial score (nSPS) is 21.8. The van der Waals surface area contributed by atoms with Gasteiger partial charge >= 0.3 is 0 Å². The molecule has 1 fully saturated rings.